The third-order valence-corrected chi connectivity index (χ3v) is 3.74. The van der Waals surface area contributed by atoms with Crippen molar-refractivity contribution in [1.82, 2.24) is 0 Å². The first-order valence-electron chi connectivity index (χ1n) is 7.33. The van der Waals surface area contributed by atoms with Gasteiger partial charge in [-0.05, 0) is 31.2 Å². The van der Waals surface area contributed by atoms with E-state index in [9.17, 15) is 14.4 Å². The average Bonchev–Trinajstić information content (AvgIpc) is 2.59. The Morgan fingerprint density at radius 1 is 0.913 bits per heavy atom. The van der Waals surface area contributed by atoms with Gasteiger partial charge in [0.1, 0.15) is 0 Å². The molecule has 2 aromatic carbocycles. The highest BCUT2D eigenvalue weighted by atomic mass is 16.5. The monoisotopic (exact) mass is 309 g/mol. The van der Waals surface area contributed by atoms with Crippen molar-refractivity contribution in [2.45, 2.75) is 6.42 Å². The molecule has 3 rings (SSSR count). The third kappa shape index (κ3) is 2.66. The van der Waals surface area contributed by atoms with Gasteiger partial charge in [-0.25, -0.2) is 4.79 Å². The molecule has 0 atom stereocenters. The smallest absolute Gasteiger partial charge is 0.338 e. The van der Waals surface area contributed by atoms with Crippen molar-refractivity contribution in [3.63, 3.8) is 0 Å². The number of carbonyl (C=O) groups is 3. The second-order valence-corrected chi connectivity index (χ2v) is 5.24. The molecular weight excluding hydrogens is 294 g/mol. The second-order valence-electron chi connectivity index (χ2n) is 5.24. The summed E-state index contributed by atoms with van der Waals surface area (Å²) in [5, 5.41) is 0. The number of hydrogen-bond donors (Lipinski definition) is 1. The van der Waals surface area contributed by atoms with Crippen LogP contribution in [-0.4, -0.2) is 30.7 Å². The van der Waals surface area contributed by atoms with Crippen LogP contribution in [0.4, 0.5) is 0 Å². The summed E-state index contributed by atoms with van der Waals surface area (Å²) in [6, 6.07) is 11.1. The third-order valence-electron chi connectivity index (χ3n) is 3.74. The first-order valence-corrected chi connectivity index (χ1v) is 7.33. The van der Waals surface area contributed by atoms with Gasteiger partial charge in [0.25, 0.3) is 0 Å². The molecule has 5 nitrogen and oxygen atoms in total. The Kier molecular flexibility index (Phi) is 4.04. The molecule has 0 bridgehead atoms. The fraction of sp³-hybridized carbons (Fsp3) is 0.167. The van der Waals surface area contributed by atoms with Crippen LogP contribution in [0.5, 0.6) is 0 Å². The van der Waals surface area contributed by atoms with Crippen LogP contribution >= 0.6 is 0 Å². The lowest BCUT2D eigenvalue weighted by Gasteiger charge is -2.17. The maximum Gasteiger partial charge on any atom is 0.338 e. The summed E-state index contributed by atoms with van der Waals surface area (Å²) in [5.74, 6) is -0.995. The molecule has 1 aliphatic carbocycles. The maximum absolute atomic E-state index is 12.6. The Balaban J connectivity index is 1.96. The molecule has 23 heavy (non-hydrogen) atoms. The maximum atomic E-state index is 12.6. The Morgan fingerprint density at radius 2 is 1.52 bits per heavy atom. The van der Waals surface area contributed by atoms with Crippen LogP contribution in [-0.2, 0) is 4.74 Å². The highest BCUT2D eigenvalue weighted by molar-refractivity contribution is 6.28. The van der Waals surface area contributed by atoms with E-state index in [1.807, 2.05) is 0 Å². The predicted molar refractivity (Wildman–Crippen MR) is 83.7 cm³/mol. The summed E-state index contributed by atoms with van der Waals surface area (Å²) in [6.45, 7) is 0.656. The van der Waals surface area contributed by atoms with E-state index >= 15 is 0 Å². The second kappa shape index (κ2) is 6.14. The van der Waals surface area contributed by atoms with Gasteiger partial charge in [0.2, 0.25) is 0 Å². The first-order chi connectivity index (χ1) is 11.1. The molecule has 0 saturated heterocycles. The molecule has 0 amide bonds. The van der Waals surface area contributed by atoms with Crippen LogP contribution in [0, 0.1) is 0 Å². The van der Waals surface area contributed by atoms with Gasteiger partial charge in [-0.2, -0.15) is 0 Å². The molecule has 0 spiro atoms. The van der Waals surface area contributed by atoms with Crippen molar-refractivity contribution in [2.24, 2.45) is 5.73 Å². The Morgan fingerprint density at radius 3 is 2.17 bits per heavy atom. The van der Waals surface area contributed by atoms with Gasteiger partial charge in [0.05, 0.1) is 12.2 Å². The van der Waals surface area contributed by atoms with Crippen molar-refractivity contribution in [2.75, 3.05) is 13.2 Å². The van der Waals surface area contributed by atoms with E-state index in [4.69, 9.17) is 10.5 Å². The van der Waals surface area contributed by atoms with E-state index in [1.54, 1.807) is 24.3 Å². The summed E-state index contributed by atoms with van der Waals surface area (Å²) in [6.07, 6.45) is 0.571. The number of hydrogen-bond acceptors (Lipinski definition) is 5. The van der Waals surface area contributed by atoms with Crippen molar-refractivity contribution in [1.29, 1.82) is 0 Å². The number of fused-ring (bicyclic) bond motifs is 2. The van der Waals surface area contributed by atoms with Crippen molar-refractivity contribution < 1.29 is 19.1 Å². The Bertz CT molecular complexity index is 810. The molecule has 0 unspecified atom stereocenters. The fourth-order valence-corrected chi connectivity index (χ4v) is 2.56. The summed E-state index contributed by atoms with van der Waals surface area (Å²) >= 11 is 0. The van der Waals surface area contributed by atoms with Crippen LogP contribution in [0.25, 0.3) is 0 Å². The number of ether oxygens (including phenoxy) is 1. The molecule has 0 saturated carbocycles. The number of benzene rings is 2. The van der Waals surface area contributed by atoms with Crippen LogP contribution in [0.2, 0.25) is 0 Å². The van der Waals surface area contributed by atoms with Gasteiger partial charge >= 0.3 is 5.97 Å². The lowest BCUT2D eigenvalue weighted by molar-refractivity contribution is 0.0502. The lowest BCUT2D eigenvalue weighted by atomic mass is 9.83. The molecule has 1 aliphatic rings. The van der Waals surface area contributed by atoms with Gasteiger partial charge in [-0.3, -0.25) is 9.59 Å². The zero-order valence-electron chi connectivity index (χ0n) is 12.4. The van der Waals surface area contributed by atoms with Gasteiger partial charge < -0.3 is 10.5 Å². The summed E-state index contributed by atoms with van der Waals surface area (Å²) < 4.78 is 5.08. The van der Waals surface area contributed by atoms with Crippen molar-refractivity contribution >= 4 is 17.5 Å². The Hall–Kier alpha value is -2.79. The van der Waals surface area contributed by atoms with E-state index in [1.165, 1.54) is 18.2 Å². The highest BCUT2D eigenvalue weighted by Crippen LogP contribution is 2.28. The average molecular weight is 309 g/mol. The fourth-order valence-electron chi connectivity index (χ4n) is 2.56. The number of carbonyl (C=O) groups excluding carboxylic acids is 3. The molecular formula is C18H15NO4. The van der Waals surface area contributed by atoms with Crippen LogP contribution in [0.3, 0.4) is 0 Å². The van der Waals surface area contributed by atoms with Crippen molar-refractivity contribution in [3.8, 4) is 0 Å². The molecule has 116 valence electrons. The van der Waals surface area contributed by atoms with Gasteiger partial charge in [0, 0.05) is 22.3 Å². The van der Waals surface area contributed by atoms with Gasteiger partial charge in [-0.15, -0.1) is 0 Å². The zero-order chi connectivity index (χ0) is 16.4. The Labute approximate surface area is 133 Å². The number of ketones is 2. The van der Waals surface area contributed by atoms with Crippen LogP contribution < -0.4 is 5.73 Å². The molecule has 5 heteroatoms. The zero-order valence-corrected chi connectivity index (χ0v) is 12.4. The SMILES string of the molecule is NCCCOC(=O)c1ccc2c(c1)C(=O)c1ccccc1C2=O. The number of rotatable bonds is 4. The minimum atomic E-state index is -0.527. The highest BCUT2D eigenvalue weighted by Gasteiger charge is 2.30. The molecule has 0 aliphatic heterocycles. The topological polar surface area (TPSA) is 86.5 Å². The molecule has 0 heterocycles. The van der Waals surface area contributed by atoms with E-state index in [0.717, 1.165) is 0 Å². The summed E-state index contributed by atoms with van der Waals surface area (Å²) in [4.78, 5) is 37.0. The molecule has 0 aromatic heterocycles. The van der Waals surface area contributed by atoms with Gasteiger partial charge in [0.15, 0.2) is 11.6 Å². The largest absolute Gasteiger partial charge is 0.462 e. The predicted octanol–water partition coefficient (Wildman–Crippen LogP) is 1.97. The van der Waals surface area contributed by atoms with Crippen LogP contribution in [0.15, 0.2) is 42.5 Å². The van der Waals surface area contributed by atoms with Crippen molar-refractivity contribution in [3.05, 3.63) is 70.3 Å². The van der Waals surface area contributed by atoms with E-state index in [-0.39, 0.29) is 29.3 Å². The molecule has 0 fully saturated rings. The quantitative estimate of drug-likeness (QED) is 0.588. The standard InChI is InChI=1S/C18H15NO4/c19-8-3-9-23-18(22)11-6-7-14-15(10-11)17(21)13-5-2-1-4-12(13)16(14)20/h1-2,4-7,10H,3,8-9,19H2. The number of esters is 1. The first kappa shape index (κ1) is 15.1. The summed E-state index contributed by atoms with van der Waals surface area (Å²) in [7, 11) is 0. The summed E-state index contributed by atoms with van der Waals surface area (Å²) in [5.41, 5.74) is 6.90. The van der Waals surface area contributed by atoms with E-state index < -0.39 is 5.97 Å². The van der Waals surface area contributed by atoms with E-state index in [0.29, 0.717) is 29.7 Å². The minimum absolute atomic E-state index is 0.210. The number of nitrogens with two attached hydrogens (primary N) is 1. The normalized spacial score (nSPS) is 12.6. The lowest BCUT2D eigenvalue weighted by Crippen LogP contribution is -2.21. The molecule has 2 N–H and O–H groups in total. The van der Waals surface area contributed by atoms with Crippen LogP contribution in [0.1, 0.15) is 48.6 Å². The molecule has 0 radical (unpaired) electrons. The van der Waals surface area contributed by atoms with Gasteiger partial charge in [-0.1, -0.05) is 24.3 Å². The molecule has 2 aromatic rings. The minimum Gasteiger partial charge on any atom is -0.462 e. The van der Waals surface area contributed by atoms with E-state index in [2.05, 4.69) is 0 Å².